The Hall–Kier alpha value is -3.29. The van der Waals surface area contributed by atoms with Gasteiger partial charge in [0.05, 0.1) is 13.3 Å². The number of nitrogens with one attached hydrogen (secondary N) is 2. The van der Waals surface area contributed by atoms with Gasteiger partial charge in [-0.25, -0.2) is 4.98 Å². The Bertz CT molecular complexity index is 722. The molecule has 1 aromatic heterocycles. The third kappa shape index (κ3) is 5.69. The van der Waals surface area contributed by atoms with E-state index in [9.17, 15) is 14.4 Å². The number of methoxy groups -OCH3 is 1. The normalized spacial score (nSPS) is 11.2. The van der Waals surface area contributed by atoms with E-state index in [0.717, 1.165) is 5.56 Å². The predicted molar refractivity (Wildman–Crippen MR) is 88.5 cm³/mol. The van der Waals surface area contributed by atoms with Crippen LogP contribution in [0.2, 0.25) is 0 Å². The highest BCUT2D eigenvalue weighted by molar-refractivity contribution is 5.96. The molecule has 2 amide bonds. The van der Waals surface area contributed by atoms with Crippen LogP contribution in [0.1, 0.15) is 16.1 Å². The molecular weight excluding hydrogens is 324 g/mol. The fourth-order valence-electron chi connectivity index (χ4n) is 2.06. The molecular formula is C17H18N4O4. The Kier molecular flexibility index (Phi) is 6.58. The third-order valence-corrected chi connectivity index (χ3v) is 3.33. The highest BCUT2D eigenvalue weighted by atomic mass is 16.5. The van der Waals surface area contributed by atoms with Crippen molar-refractivity contribution in [1.29, 1.82) is 0 Å². The lowest BCUT2D eigenvalue weighted by Crippen LogP contribution is -2.49. The molecule has 0 aliphatic heterocycles. The van der Waals surface area contributed by atoms with Gasteiger partial charge in [0, 0.05) is 18.8 Å². The quantitative estimate of drug-likeness (QED) is 0.691. The summed E-state index contributed by atoms with van der Waals surface area (Å²) in [6.45, 7) is -0.276. The lowest BCUT2D eigenvalue weighted by atomic mass is 10.1. The zero-order valence-electron chi connectivity index (χ0n) is 13.6. The van der Waals surface area contributed by atoms with Crippen LogP contribution in [0.15, 0.2) is 48.9 Å². The van der Waals surface area contributed by atoms with Gasteiger partial charge in [-0.15, -0.1) is 0 Å². The Morgan fingerprint density at radius 2 is 1.92 bits per heavy atom. The Labute approximate surface area is 144 Å². The maximum absolute atomic E-state index is 12.4. The number of hydrogen-bond acceptors (Lipinski definition) is 6. The van der Waals surface area contributed by atoms with Crippen molar-refractivity contribution in [2.75, 3.05) is 13.7 Å². The van der Waals surface area contributed by atoms with Crippen LogP contribution in [0.5, 0.6) is 0 Å². The molecule has 0 saturated carbocycles. The van der Waals surface area contributed by atoms with Crippen molar-refractivity contribution in [3.63, 3.8) is 0 Å². The van der Waals surface area contributed by atoms with Crippen molar-refractivity contribution in [2.45, 2.75) is 12.5 Å². The van der Waals surface area contributed by atoms with E-state index >= 15 is 0 Å². The standard InChI is InChI=1S/C17H18N4O4/c1-25-15(22)11-20-16(23)13(9-12-5-3-2-4-6-12)21-17(24)14-10-18-7-8-19-14/h2-8,10,13H,9,11H2,1H3,(H,20,23)(H,21,24). The number of esters is 1. The molecule has 2 aromatic rings. The number of rotatable bonds is 7. The van der Waals surface area contributed by atoms with E-state index in [0.29, 0.717) is 0 Å². The highest BCUT2D eigenvalue weighted by Gasteiger charge is 2.23. The molecule has 1 aromatic carbocycles. The number of hydrogen-bond donors (Lipinski definition) is 2. The van der Waals surface area contributed by atoms with Gasteiger partial charge in [0.1, 0.15) is 18.3 Å². The minimum absolute atomic E-state index is 0.0985. The number of aromatic nitrogens is 2. The van der Waals surface area contributed by atoms with Gasteiger partial charge >= 0.3 is 5.97 Å². The lowest BCUT2D eigenvalue weighted by molar-refractivity contribution is -0.141. The highest BCUT2D eigenvalue weighted by Crippen LogP contribution is 2.04. The predicted octanol–water partition coefficient (Wildman–Crippen LogP) is 0.107. The first-order valence-corrected chi connectivity index (χ1v) is 7.55. The number of benzene rings is 1. The monoisotopic (exact) mass is 342 g/mol. The number of ether oxygens (including phenoxy) is 1. The van der Waals surface area contributed by atoms with Crippen LogP contribution in [-0.4, -0.2) is 47.4 Å². The van der Waals surface area contributed by atoms with Gasteiger partial charge < -0.3 is 15.4 Å². The number of nitrogens with zero attached hydrogens (tertiary/aromatic N) is 2. The van der Waals surface area contributed by atoms with Crippen molar-refractivity contribution < 1.29 is 19.1 Å². The third-order valence-electron chi connectivity index (χ3n) is 3.33. The second-order valence-electron chi connectivity index (χ2n) is 5.10. The summed E-state index contributed by atoms with van der Waals surface area (Å²) in [4.78, 5) is 43.6. The van der Waals surface area contributed by atoms with E-state index in [1.165, 1.54) is 25.7 Å². The van der Waals surface area contributed by atoms with Crippen LogP contribution < -0.4 is 10.6 Å². The molecule has 0 aliphatic carbocycles. The van der Waals surface area contributed by atoms with Crippen LogP contribution >= 0.6 is 0 Å². The number of amides is 2. The summed E-state index contributed by atoms with van der Waals surface area (Å²) in [5.74, 6) is -1.60. The molecule has 1 heterocycles. The Balaban J connectivity index is 2.09. The number of carbonyl (C=O) groups excluding carboxylic acids is 3. The van der Waals surface area contributed by atoms with E-state index in [-0.39, 0.29) is 18.7 Å². The van der Waals surface area contributed by atoms with Gasteiger partial charge in [0.25, 0.3) is 5.91 Å². The summed E-state index contributed by atoms with van der Waals surface area (Å²) >= 11 is 0. The first-order valence-electron chi connectivity index (χ1n) is 7.55. The van der Waals surface area contributed by atoms with Gasteiger partial charge in [0.15, 0.2) is 0 Å². The molecule has 8 nitrogen and oxygen atoms in total. The van der Waals surface area contributed by atoms with Crippen molar-refractivity contribution in [3.05, 3.63) is 60.2 Å². The lowest BCUT2D eigenvalue weighted by Gasteiger charge is -2.18. The van der Waals surface area contributed by atoms with Crippen molar-refractivity contribution >= 4 is 17.8 Å². The molecule has 1 atom stereocenters. The van der Waals surface area contributed by atoms with E-state index < -0.39 is 23.8 Å². The van der Waals surface area contributed by atoms with E-state index in [1.54, 1.807) is 0 Å². The first kappa shape index (κ1) is 18.1. The molecule has 0 spiro atoms. The van der Waals surface area contributed by atoms with E-state index in [1.807, 2.05) is 30.3 Å². The first-order chi connectivity index (χ1) is 12.1. The smallest absolute Gasteiger partial charge is 0.325 e. The molecule has 130 valence electrons. The second kappa shape index (κ2) is 9.11. The number of carbonyl (C=O) groups is 3. The van der Waals surface area contributed by atoms with Gasteiger partial charge in [-0.3, -0.25) is 19.4 Å². The molecule has 25 heavy (non-hydrogen) atoms. The fraction of sp³-hybridized carbons (Fsp3) is 0.235. The molecule has 0 bridgehead atoms. The van der Waals surface area contributed by atoms with Gasteiger partial charge in [0.2, 0.25) is 5.91 Å². The van der Waals surface area contributed by atoms with Crippen molar-refractivity contribution in [2.24, 2.45) is 0 Å². The minimum atomic E-state index is -0.874. The average molecular weight is 342 g/mol. The minimum Gasteiger partial charge on any atom is -0.468 e. The summed E-state index contributed by atoms with van der Waals surface area (Å²) < 4.78 is 4.49. The Morgan fingerprint density at radius 1 is 1.16 bits per heavy atom. The van der Waals surface area contributed by atoms with Crippen LogP contribution in [0.3, 0.4) is 0 Å². The van der Waals surface area contributed by atoms with Crippen LogP contribution in [0, 0.1) is 0 Å². The van der Waals surface area contributed by atoms with Crippen LogP contribution in [0.25, 0.3) is 0 Å². The molecule has 1 unspecified atom stereocenters. The Morgan fingerprint density at radius 3 is 2.56 bits per heavy atom. The zero-order chi connectivity index (χ0) is 18.1. The maximum Gasteiger partial charge on any atom is 0.325 e. The topological polar surface area (TPSA) is 110 Å². The van der Waals surface area contributed by atoms with Crippen molar-refractivity contribution in [3.8, 4) is 0 Å². The maximum atomic E-state index is 12.4. The summed E-state index contributed by atoms with van der Waals surface area (Å²) in [5, 5.41) is 5.06. The van der Waals surface area contributed by atoms with Gasteiger partial charge in [-0.05, 0) is 5.56 Å². The fourth-order valence-corrected chi connectivity index (χ4v) is 2.06. The van der Waals surface area contributed by atoms with Gasteiger partial charge in [-0.2, -0.15) is 0 Å². The van der Waals surface area contributed by atoms with E-state index in [4.69, 9.17) is 0 Å². The summed E-state index contributed by atoms with van der Waals surface area (Å²) in [7, 11) is 1.23. The SMILES string of the molecule is COC(=O)CNC(=O)C(Cc1ccccc1)NC(=O)c1cnccn1. The summed E-state index contributed by atoms with van der Waals surface area (Å²) in [6, 6.07) is 8.34. The van der Waals surface area contributed by atoms with Crippen LogP contribution in [0.4, 0.5) is 0 Å². The average Bonchev–Trinajstić information content (AvgIpc) is 2.66. The van der Waals surface area contributed by atoms with Gasteiger partial charge in [-0.1, -0.05) is 30.3 Å². The van der Waals surface area contributed by atoms with Crippen LogP contribution in [-0.2, 0) is 20.7 Å². The van der Waals surface area contributed by atoms with Crippen molar-refractivity contribution in [1.82, 2.24) is 20.6 Å². The largest absolute Gasteiger partial charge is 0.468 e. The molecule has 0 saturated heterocycles. The molecule has 2 N–H and O–H groups in total. The summed E-state index contributed by atoms with van der Waals surface area (Å²) in [6.07, 6.45) is 4.40. The summed E-state index contributed by atoms with van der Waals surface area (Å²) in [5.41, 5.74) is 0.960. The molecule has 8 heteroatoms. The zero-order valence-corrected chi connectivity index (χ0v) is 13.6. The second-order valence-corrected chi connectivity index (χ2v) is 5.10. The molecule has 0 radical (unpaired) electrons. The molecule has 0 fully saturated rings. The van der Waals surface area contributed by atoms with E-state index in [2.05, 4.69) is 25.3 Å². The molecule has 2 rings (SSSR count). The molecule has 0 aliphatic rings.